The highest BCUT2D eigenvalue weighted by atomic mass is 19.4. The number of rotatable bonds is 8. The van der Waals surface area contributed by atoms with Crippen LogP contribution < -0.4 is 11.1 Å². The number of nitrogens with one attached hydrogen (secondary N) is 1. The quantitative estimate of drug-likeness (QED) is 0.732. The summed E-state index contributed by atoms with van der Waals surface area (Å²) in [6, 6.07) is 6.54. The van der Waals surface area contributed by atoms with Crippen LogP contribution in [0.25, 0.3) is 0 Å². The molecule has 146 valence electrons. The van der Waals surface area contributed by atoms with Crippen molar-refractivity contribution in [3.63, 3.8) is 0 Å². The fourth-order valence-corrected chi connectivity index (χ4v) is 2.22. The predicted molar refractivity (Wildman–Crippen MR) is 93.3 cm³/mol. The molecule has 0 heterocycles. The van der Waals surface area contributed by atoms with Gasteiger partial charge in [0.15, 0.2) is 0 Å². The van der Waals surface area contributed by atoms with E-state index in [1.165, 1.54) is 0 Å². The summed E-state index contributed by atoms with van der Waals surface area (Å²) in [5.41, 5.74) is 7.53. The molecule has 1 atom stereocenters. The van der Waals surface area contributed by atoms with Crippen LogP contribution in [-0.4, -0.2) is 48.6 Å². The lowest BCUT2D eigenvalue weighted by Crippen LogP contribution is -2.49. The van der Waals surface area contributed by atoms with Crippen LogP contribution in [0, 0.1) is 12.8 Å². The molecular weight excluding hydrogens is 347 g/mol. The largest absolute Gasteiger partial charge is 0.406 e. The first-order valence-corrected chi connectivity index (χ1v) is 8.43. The van der Waals surface area contributed by atoms with Gasteiger partial charge in [0.05, 0.1) is 12.6 Å². The first kappa shape index (κ1) is 22.0. The van der Waals surface area contributed by atoms with E-state index in [1.807, 2.05) is 31.2 Å². The average Bonchev–Trinajstić information content (AvgIpc) is 2.55. The molecule has 1 aromatic rings. The molecule has 0 bridgehead atoms. The molecule has 8 heteroatoms. The van der Waals surface area contributed by atoms with E-state index < -0.39 is 37.1 Å². The lowest BCUT2D eigenvalue weighted by molar-refractivity contribution is -0.160. The third-order valence-electron chi connectivity index (χ3n) is 3.95. The first-order chi connectivity index (χ1) is 12.0. The van der Waals surface area contributed by atoms with Gasteiger partial charge in [-0.15, -0.1) is 0 Å². The van der Waals surface area contributed by atoms with Crippen molar-refractivity contribution in [3.05, 3.63) is 35.4 Å². The van der Waals surface area contributed by atoms with Gasteiger partial charge in [-0.05, 0) is 24.8 Å². The third kappa shape index (κ3) is 7.86. The topological polar surface area (TPSA) is 75.4 Å². The highest BCUT2D eigenvalue weighted by Gasteiger charge is 2.33. The zero-order valence-electron chi connectivity index (χ0n) is 15.3. The van der Waals surface area contributed by atoms with Gasteiger partial charge in [-0.2, -0.15) is 13.2 Å². The monoisotopic (exact) mass is 373 g/mol. The van der Waals surface area contributed by atoms with Crippen molar-refractivity contribution in [2.75, 3.05) is 19.6 Å². The van der Waals surface area contributed by atoms with Gasteiger partial charge in [0.1, 0.15) is 6.54 Å². The Morgan fingerprint density at radius 1 is 1.19 bits per heavy atom. The summed E-state index contributed by atoms with van der Waals surface area (Å²) in [5, 5.41) is 2.31. The summed E-state index contributed by atoms with van der Waals surface area (Å²) in [4.78, 5) is 24.7. The molecule has 1 rings (SSSR count). The van der Waals surface area contributed by atoms with Crippen LogP contribution in [0.3, 0.4) is 0 Å². The van der Waals surface area contributed by atoms with E-state index in [2.05, 4.69) is 5.32 Å². The molecule has 0 spiro atoms. The number of nitrogens with two attached hydrogens (primary N) is 1. The van der Waals surface area contributed by atoms with E-state index in [4.69, 9.17) is 5.73 Å². The highest BCUT2D eigenvalue weighted by Crippen LogP contribution is 2.17. The number of hydrogen-bond acceptors (Lipinski definition) is 3. The molecule has 0 aliphatic carbocycles. The highest BCUT2D eigenvalue weighted by molar-refractivity contribution is 5.87. The van der Waals surface area contributed by atoms with E-state index in [9.17, 15) is 22.8 Å². The second-order valence-electron chi connectivity index (χ2n) is 6.65. The Balaban J connectivity index is 2.67. The molecule has 0 aliphatic rings. The van der Waals surface area contributed by atoms with Gasteiger partial charge < -0.3 is 16.0 Å². The summed E-state index contributed by atoms with van der Waals surface area (Å²) in [6.45, 7) is 3.43. The molecule has 0 radical (unpaired) electrons. The number of carbonyl (C=O) groups excluding carboxylic acids is 2. The van der Waals surface area contributed by atoms with Crippen molar-refractivity contribution in [2.45, 2.75) is 39.4 Å². The van der Waals surface area contributed by atoms with E-state index >= 15 is 0 Å². The Hall–Kier alpha value is -2.09. The maximum atomic E-state index is 12.8. The van der Waals surface area contributed by atoms with Crippen molar-refractivity contribution in [1.29, 1.82) is 0 Å². The SMILES string of the molecule is Cc1ccc(CCN(CC(F)(F)F)C(=O)CNC(=O)[C@@H](N)C(C)C)cc1. The predicted octanol–water partition coefficient (Wildman–Crippen LogP) is 2.03. The Labute approximate surface area is 151 Å². The molecule has 0 aliphatic heterocycles. The summed E-state index contributed by atoms with van der Waals surface area (Å²) >= 11 is 0. The van der Waals surface area contributed by atoms with E-state index in [0.717, 1.165) is 11.1 Å². The molecule has 0 fully saturated rings. The first-order valence-electron chi connectivity index (χ1n) is 8.43. The van der Waals surface area contributed by atoms with E-state index in [1.54, 1.807) is 13.8 Å². The number of halogens is 3. The van der Waals surface area contributed by atoms with E-state index in [-0.39, 0.29) is 12.5 Å². The standard InChI is InChI=1S/C18H26F3N3O2/c1-12(2)16(22)17(26)23-10-15(25)24(11-18(19,20)21)9-8-14-6-4-13(3)5-7-14/h4-7,12,16H,8-11,22H2,1-3H3,(H,23,26)/t16-/m0/s1. The summed E-state index contributed by atoms with van der Waals surface area (Å²) in [7, 11) is 0. The molecule has 1 aromatic carbocycles. The fraction of sp³-hybridized carbons (Fsp3) is 0.556. The third-order valence-corrected chi connectivity index (χ3v) is 3.95. The number of nitrogens with zero attached hydrogens (tertiary/aromatic N) is 1. The molecule has 26 heavy (non-hydrogen) atoms. The second kappa shape index (κ2) is 9.56. The maximum absolute atomic E-state index is 12.8. The normalized spacial score (nSPS) is 12.8. The Morgan fingerprint density at radius 2 is 1.77 bits per heavy atom. The van der Waals surface area contributed by atoms with Crippen molar-refractivity contribution in [3.8, 4) is 0 Å². The van der Waals surface area contributed by atoms with Crippen molar-refractivity contribution in [1.82, 2.24) is 10.2 Å². The van der Waals surface area contributed by atoms with E-state index in [0.29, 0.717) is 11.3 Å². The van der Waals surface area contributed by atoms with Gasteiger partial charge in [-0.3, -0.25) is 9.59 Å². The molecule has 5 nitrogen and oxygen atoms in total. The van der Waals surface area contributed by atoms with Gasteiger partial charge in [0.2, 0.25) is 11.8 Å². The number of benzene rings is 1. The lowest BCUT2D eigenvalue weighted by Gasteiger charge is -2.25. The van der Waals surface area contributed by atoms with Crippen LogP contribution in [-0.2, 0) is 16.0 Å². The average molecular weight is 373 g/mol. The summed E-state index contributed by atoms with van der Waals surface area (Å²) in [5.74, 6) is -1.49. The van der Waals surface area contributed by atoms with Crippen LogP contribution in [0.1, 0.15) is 25.0 Å². The number of hydrogen-bond donors (Lipinski definition) is 2. The molecule has 0 saturated carbocycles. The van der Waals surface area contributed by atoms with Crippen molar-refractivity contribution < 1.29 is 22.8 Å². The number of amides is 2. The molecule has 0 unspecified atom stereocenters. The van der Waals surface area contributed by atoms with Crippen LogP contribution in [0.2, 0.25) is 0 Å². The number of carbonyl (C=O) groups is 2. The number of aryl methyl sites for hydroxylation is 1. The lowest BCUT2D eigenvalue weighted by atomic mass is 10.1. The number of alkyl halides is 3. The Bertz CT molecular complexity index is 601. The van der Waals surface area contributed by atoms with Crippen LogP contribution in [0.5, 0.6) is 0 Å². The minimum atomic E-state index is -4.51. The Kier molecular flexibility index (Phi) is 8.08. The smallest absolute Gasteiger partial charge is 0.346 e. The summed E-state index contributed by atoms with van der Waals surface area (Å²) < 4.78 is 38.3. The zero-order chi connectivity index (χ0) is 19.9. The molecular formula is C18H26F3N3O2. The van der Waals surface area contributed by atoms with Crippen molar-refractivity contribution >= 4 is 11.8 Å². The van der Waals surface area contributed by atoms with Gasteiger partial charge >= 0.3 is 6.18 Å². The minimum absolute atomic E-state index is 0.0898. The van der Waals surface area contributed by atoms with Gasteiger partial charge in [0.25, 0.3) is 0 Å². The van der Waals surface area contributed by atoms with Crippen LogP contribution in [0.15, 0.2) is 24.3 Å². The molecule has 0 saturated heterocycles. The molecule has 2 amide bonds. The van der Waals surface area contributed by atoms with Crippen LogP contribution in [0.4, 0.5) is 13.2 Å². The second-order valence-corrected chi connectivity index (χ2v) is 6.65. The summed E-state index contributed by atoms with van der Waals surface area (Å²) in [6.07, 6.45) is -4.22. The van der Waals surface area contributed by atoms with Gasteiger partial charge in [-0.25, -0.2) is 0 Å². The fourth-order valence-electron chi connectivity index (χ4n) is 2.22. The van der Waals surface area contributed by atoms with Gasteiger partial charge in [0, 0.05) is 6.54 Å². The van der Waals surface area contributed by atoms with Gasteiger partial charge in [-0.1, -0.05) is 43.7 Å². The van der Waals surface area contributed by atoms with Crippen LogP contribution >= 0.6 is 0 Å². The zero-order valence-corrected chi connectivity index (χ0v) is 15.3. The molecule has 0 aromatic heterocycles. The minimum Gasteiger partial charge on any atom is -0.346 e. The van der Waals surface area contributed by atoms with Crippen molar-refractivity contribution in [2.24, 2.45) is 11.7 Å². The molecule has 3 N–H and O–H groups in total. The Morgan fingerprint density at radius 3 is 2.27 bits per heavy atom. The maximum Gasteiger partial charge on any atom is 0.406 e.